The van der Waals surface area contributed by atoms with Crippen LogP contribution in [0.2, 0.25) is 0 Å². The van der Waals surface area contributed by atoms with Crippen molar-refractivity contribution in [2.45, 2.75) is 46.8 Å². The SMILES string of the molecule is [2H]C([2H])(NC)c1cc(OC([2H])([2H])c2cc(F)ccc2F)n(CCC(C)(C)C)n1. The largest absolute Gasteiger partial charge is 0.473 e. The molecule has 2 aromatic rings. The van der Waals surface area contributed by atoms with Gasteiger partial charge in [-0.3, -0.25) is 0 Å². The average Bonchev–Trinajstić information content (AvgIpc) is 2.97. The molecule has 6 heteroatoms. The van der Waals surface area contributed by atoms with Crippen molar-refractivity contribution < 1.29 is 19.0 Å². The lowest BCUT2D eigenvalue weighted by Crippen LogP contribution is -2.13. The van der Waals surface area contributed by atoms with Crippen LogP contribution in [-0.4, -0.2) is 16.8 Å². The third-order valence-electron chi connectivity index (χ3n) is 3.26. The lowest BCUT2D eigenvalue weighted by Gasteiger charge is -2.18. The second-order valence-electron chi connectivity index (χ2n) is 6.60. The van der Waals surface area contributed by atoms with Gasteiger partial charge in [-0.1, -0.05) is 20.8 Å². The highest BCUT2D eigenvalue weighted by Crippen LogP contribution is 2.23. The summed E-state index contributed by atoms with van der Waals surface area (Å²) >= 11 is 0. The molecule has 0 aliphatic heterocycles. The molecule has 0 saturated carbocycles. The van der Waals surface area contributed by atoms with Crippen LogP contribution in [-0.2, 0) is 19.6 Å². The van der Waals surface area contributed by atoms with Crippen LogP contribution in [0.25, 0.3) is 0 Å². The van der Waals surface area contributed by atoms with E-state index in [1.54, 1.807) is 0 Å². The van der Waals surface area contributed by atoms with Gasteiger partial charge in [0, 0.05) is 27.4 Å². The zero-order chi connectivity index (χ0) is 21.3. The maximum Gasteiger partial charge on any atom is 0.212 e. The number of hydrogen-bond donors (Lipinski definition) is 1. The quantitative estimate of drug-likeness (QED) is 0.830. The highest BCUT2D eigenvalue weighted by Gasteiger charge is 2.15. The third kappa shape index (κ3) is 5.30. The van der Waals surface area contributed by atoms with Crippen molar-refractivity contribution in [1.82, 2.24) is 15.1 Å². The Morgan fingerprint density at radius 2 is 2.04 bits per heavy atom. The van der Waals surface area contributed by atoms with E-state index in [2.05, 4.69) is 10.4 Å². The van der Waals surface area contributed by atoms with E-state index >= 15 is 0 Å². The number of nitrogens with zero attached hydrogens (tertiary/aromatic N) is 2. The normalized spacial score (nSPS) is 15.4. The van der Waals surface area contributed by atoms with Crippen LogP contribution < -0.4 is 10.1 Å². The molecular formula is C18H25F2N3O. The summed E-state index contributed by atoms with van der Waals surface area (Å²) in [6.45, 7) is 1.74. The van der Waals surface area contributed by atoms with Gasteiger partial charge in [-0.2, -0.15) is 5.10 Å². The van der Waals surface area contributed by atoms with Gasteiger partial charge in [-0.05, 0) is 37.1 Å². The predicted octanol–water partition coefficient (Wildman–Crippen LogP) is 3.90. The molecule has 0 radical (unpaired) electrons. The molecule has 0 unspecified atom stereocenters. The molecule has 1 aromatic heterocycles. The van der Waals surface area contributed by atoms with Crippen molar-refractivity contribution in [3.63, 3.8) is 0 Å². The number of hydrogen-bond acceptors (Lipinski definition) is 3. The molecule has 0 spiro atoms. The first-order valence-electron chi connectivity index (χ1n) is 9.67. The molecular weight excluding hydrogens is 312 g/mol. The second-order valence-corrected chi connectivity index (χ2v) is 6.60. The maximum atomic E-state index is 14.0. The van der Waals surface area contributed by atoms with E-state index in [0.717, 1.165) is 18.2 Å². The molecule has 0 fully saturated rings. The summed E-state index contributed by atoms with van der Waals surface area (Å²) in [7, 11) is 1.43. The van der Waals surface area contributed by atoms with E-state index in [0.29, 0.717) is 13.0 Å². The molecule has 132 valence electrons. The summed E-state index contributed by atoms with van der Waals surface area (Å²) in [5.74, 6) is -1.82. The molecule has 0 amide bonds. The fourth-order valence-electron chi connectivity index (χ4n) is 1.96. The van der Waals surface area contributed by atoms with Gasteiger partial charge in [-0.25, -0.2) is 13.5 Å². The first-order valence-corrected chi connectivity index (χ1v) is 7.67. The van der Waals surface area contributed by atoms with Crippen molar-refractivity contribution in [3.8, 4) is 5.88 Å². The van der Waals surface area contributed by atoms with Crippen LogP contribution in [0.4, 0.5) is 8.78 Å². The molecule has 1 aromatic carbocycles. The number of aryl methyl sites for hydroxylation is 1. The lowest BCUT2D eigenvalue weighted by molar-refractivity contribution is 0.254. The van der Waals surface area contributed by atoms with Crippen molar-refractivity contribution in [2.75, 3.05) is 7.05 Å². The summed E-state index contributed by atoms with van der Waals surface area (Å²) in [4.78, 5) is 0. The zero-order valence-electron chi connectivity index (χ0n) is 18.3. The molecule has 4 nitrogen and oxygen atoms in total. The molecule has 1 heterocycles. The summed E-state index contributed by atoms with van der Waals surface area (Å²) in [6, 6.07) is 3.71. The van der Waals surface area contributed by atoms with Crippen LogP contribution in [0.5, 0.6) is 5.88 Å². The van der Waals surface area contributed by atoms with E-state index < -0.39 is 30.3 Å². The first-order chi connectivity index (χ1) is 12.7. The first kappa shape index (κ1) is 13.4. The second kappa shape index (κ2) is 7.75. The van der Waals surface area contributed by atoms with E-state index in [9.17, 15) is 8.78 Å². The van der Waals surface area contributed by atoms with Gasteiger partial charge in [0.15, 0.2) is 0 Å². The Labute approximate surface area is 147 Å². The van der Waals surface area contributed by atoms with Gasteiger partial charge < -0.3 is 10.1 Å². The number of aromatic nitrogens is 2. The van der Waals surface area contributed by atoms with Gasteiger partial charge in [0.25, 0.3) is 0 Å². The minimum absolute atomic E-state index is 0.00516. The Hall–Kier alpha value is -1.95. The third-order valence-corrected chi connectivity index (χ3v) is 3.26. The highest BCUT2D eigenvalue weighted by molar-refractivity contribution is 5.20. The molecule has 1 N–H and O–H groups in total. The van der Waals surface area contributed by atoms with E-state index in [4.69, 9.17) is 10.2 Å². The fourth-order valence-corrected chi connectivity index (χ4v) is 1.96. The molecule has 24 heavy (non-hydrogen) atoms. The molecule has 0 saturated heterocycles. The smallest absolute Gasteiger partial charge is 0.212 e. The molecule has 0 aliphatic carbocycles. The van der Waals surface area contributed by atoms with E-state index in [1.807, 2.05) is 20.8 Å². The van der Waals surface area contributed by atoms with Crippen LogP contribution in [0.3, 0.4) is 0 Å². The van der Waals surface area contributed by atoms with Gasteiger partial charge in [0.1, 0.15) is 18.2 Å². The Morgan fingerprint density at radius 3 is 2.71 bits per heavy atom. The van der Waals surface area contributed by atoms with E-state index in [-0.39, 0.29) is 17.0 Å². The minimum Gasteiger partial charge on any atom is -0.473 e. The Morgan fingerprint density at radius 1 is 1.29 bits per heavy atom. The van der Waals surface area contributed by atoms with Crippen molar-refractivity contribution in [2.24, 2.45) is 5.41 Å². The zero-order valence-corrected chi connectivity index (χ0v) is 14.3. The van der Waals surface area contributed by atoms with Gasteiger partial charge in [0.2, 0.25) is 5.88 Å². The van der Waals surface area contributed by atoms with Crippen molar-refractivity contribution in [3.05, 3.63) is 47.2 Å². The summed E-state index contributed by atoms with van der Waals surface area (Å²) in [5.41, 5.74) is -0.650. The topological polar surface area (TPSA) is 39.1 Å². The van der Waals surface area contributed by atoms with Crippen molar-refractivity contribution >= 4 is 0 Å². The monoisotopic (exact) mass is 341 g/mol. The Balaban J connectivity index is 2.42. The molecule has 0 aliphatic rings. The van der Waals surface area contributed by atoms with Crippen LogP contribution >= 0.6 is 0 Å². The average molecular weight is 341 g/mol. The predicted molar refractivity (Wildman–Crippen MR) is 89.8 cm³/mol. The molecule has 0 bridgehead atoms. The number of halogens is 2. The van der Waals surface area contributed by atoms with Gasteiger partial charge in [-0.15, -0.1) is 0 Å². The molecule has 2 rings (SSSR count). The minimum atomic E-state index is -2.69. The number of nitrogens with one attached hydrogen (secondary N) is 1. The standard InChI is InChI=1S/C18H25F2N3O/c1-18(2,3)7-8-23-17(10-15(22-23)11-21-4)24-12-13-9-14(19)5-6-16(13)20/h5-6,9-10,21H,7-8,11-12H2,1-4H3/i11D2,12D2. The summed E-state index contributed by atoms with van der Waals surface area (Å²) in [6.07, 6.45) is 0.657. The van der Waals surface area contributed by atoms with Crippen LogP contribution in [0.1, 0.15) is 43.9 Å². The Kier molecular flexibility index (Phi) is 4.31. The maximum absolute atomic E-state index is 14.0. The van der Waals surface area contributed by atoms with Crippen LogP contribution in [0.15, 0.2) is 24.3 Å². The number of benzene rings is 1. The Bertz CT molecular complexity index is 835. The number of ether oxygens (including phenoxy) is 1. The van der Waals surface area contributed by atoms with Gasteiger partial charge in [0.05, 0.1) is 8.44 Å². The lowest BCUT2D eigenvalue weighted by atomic mass is 9.92. The van der Waals surface area contributed by atoms with Gasteiger partial charge >= 0.3 is 0 Å². The van der Waals surface area contributed by atoms with Crippen molar-refractivity contribution in [1.29, 1.82) is 0 Å². The molecule has 0 atom stereocenters. The van der Waals surface area contributed by atoms with Crippen LogP contribution in [0, 0.1) is 17.0 Å². The highest BCUT2D eigenvalue weighted by atomic mass is 19.1. The van der Waals surface area contributed by atoms with E-state index in [1.165, 1.54) is 17.8 Å². The number of rotatable bonds is 7. The fraction of sp³-hybridized carbons (Fsp3) is 0.500. The summed E-state index contributed by atoms with van der Waals surface area (Å²) < 4.78 is 66.3. The summed E-state index contributed by atoms with van der Waals surface area (Å²) in [5, 5.41) is 6.67.